The summed E-state index contributed by atoms with van der Waals surface area (Å²) in [7, 11) is 0. The second kappa shape index (κ2) is 8.93. The summed E-state index contributed by atoms with van der Waals surface area (Å²) in [4.78, 5) is 39.5. The first kappa shape index (κ1) is 22.6. The number of carbonyl (C=O) groups excluding carboxylic acids is 3. The number of ether oxygens (including phenoxy) is 1. The van der Waals surface area contributed by atoms with Crippen LogP contribution in [0.4, 0.5) is 11.4 Å². The number of anilines is 2. The minimum Gasteiger partial charge on any atom is -0.461 e. The third kappa shape index (κ3) is 4.49. The number of nitrogens with zero attached hydrogens (tertiary/aromatic N) is 1. The van der Waals surface area contributed by atoms with Crippen molar-refractivity contribution in [3.8, 4) is 0 Å². The van der Waals surface area contributed by atoms with Gasteiger partial charge < -0.3 is 19.9 Å². The third-order valence-electron chi connectivity index (χ3n) is 5.11. The van der Waals surface area contributed by atoms with E-state index in [2.05, 4.69) is 10.6 Å². The van der Waals surface area contributed by atoms with E-state index in [1.54, 1.807) is 11.5 Å². The van der Waals surface area contributed by atoms with Crippen molar-refractivity contribution in [1.29, 1.82) is 0 Å². The molecule has 31 heavy (non-hydrogen) atoms. The molecule has 8 heteroatoms. The molecule has 0 spiro atoms. The number of benzene rings is 1. The average Bonchev–Trinajstić information content (AvgIpc) is 3.12. The van der Waals surface area contributed by atoms with Gasteiger partial charge in [-0.05, 0) is 57.4 Å². The number of fused-ring (bicyclic) bond motifs is 1. The van der Waals surface area contributed by atoms with Gasteiger partial charge in [-0.1, -0.05) is 12.1 Å². The molecule has 2 heterocycles. The van der Waals surface area contributed by atoms with E-state index in [1.807, 2.05) is 45.9 Å². The predicted octanol–water partition coefficient (Wildman–Crippen LogP) is 4.71. The highest BCUT2D eigenvalue weighted by Gasteiger charge is 2.29. The molecule has 2 N–H and O–H groups in total. The number of nitrogens with one attached hydrogen (secondary N) is 2. The fraction of sp³-hybridized carbons (Fsp3) is 0.348. The summed E-state index contributed by atoms with van der Waals surface area (Å²) < 4.78 is 6.90. The molecule has 2 aromatic heterocycles. The molecule has 0 unspecified atom stereocenters. The van der Waals surface area contributed by atoms with Crippen LogP contribution in [0.15, 0.2) is 18.2 Å². The quantitative estimate of drug-likeness (QED) is 0.542. The van der Waals surface area contributed by atoms with Gasteiger partial charge in [0.05, 0.1) is 12.3 Å². The van der Waals surface area contributed by atoms with Gasteiger partial charge >= 0.3 is 5.97 Å². The standard InChI is InChI=1S/C23H27N3O4S/c1-7-30-23(29)21-20(24-16(6)27)19-14(4)15(5)31-22(19)26(21)11-18(28)25-17-10-12(2)8-9-13(17)3/h8-10H,7,11H2,1-6H3,(H,24,27)(H,25,28). The molecule has 0 bridgehead atoms. The van der Waals surface area contributed by atoms with Gasteiger partial charge in [0.25, 0.3) is 0 Å². The lowest BCUT2D eigenvalue weighted by Gasteiger charge is -2.13. The van der Waals surface area contributed by atoms with E-state index in [1.165, 1.54) is 18.3 Å². The molecule has 0 saturated heterocycles. The number of hydrogen-bond donors (Lipinski definition) is 2. The zero-order valence-corrected chi connectivity index (χ0v) is 19.5. The molecule has 2 amide bonds. The highest BCUT2D eigenvalue weighted by Crippen LogP contribution is 2.40. The number of carbonyl (C=O) groups is 3. The second-order valence-electron chi connectivity index (χ2n) is 7.54. The molecule has 0 atom stereocenters. The van der Waals surface area contributed by atoms with Crippen LogP contribution in [0, 0.1) is 27.7 Å². The Morgan fingerprint density at radius 3 is 2.45 bits per heavy atom. The van der Waals surface area contributed by atoms with Crippen LogP contribution >= 0.6 is 11.3 Å². The van der Waals surface area contributed by atoms with Crippen molar-refractivity contribution in [2.75, 3.05) is 17.2 Å². The van der Waals surface area contributed by atoms with Crippen molar-refractivity contribution < 1.29 is 19.1 Å². The smallest absolute Gasteiger partial charge is 0.357 e. The monoisotopic (exact) mass is 441 g/mol. The summed E-state index contributed by atoms with van der Waals surface area (Å²) in [5.41, 5.74) is 4.24. The first-order valence-corrected chi connectivity index (χ1v) is 10.9. The molecular weight excluding hydrogens is 414 g/mol. The summed E-state index contributed by atoms with van der Waals surface area (Å²) in [6, 6.07) is 5.84. The maximum Gasteiger partial charge on any atom is 0.357 e. The summed E-state index contributed by atoms with van der Waals surface area (Å²) in [6.07, 6.45) is 0. The first-order chi connectivity index (χ1) is 14.6. The summed E-state index contributed by atoms with van der Waals surface area (Å²) in [5, 5.41) is 6.49. The van der Waals surface area contributed by atoms with Crippen LogP contribution in [-0.2, 0) is 20.9 Å². The van der Waals surface area contributed by atoms with Crippen LogP contribution in [0.2, 0.25) is 0 Å². The lowest BCUT2D eigenvalue weighted by Crippen LogP contribution is -2.23. The molecule has 0 fully saturated rings. The lowest BCUT2D eigenvalue weighted by atomic mass is 10.1. The number of rotatable bonds is 6. The van der Waals surface area contributed by atoms with E-state index in [-0.39, 0.29) is 30.7 Å². The molecule has 7 nitrogen and oxygen atoms in total. The molecule has 0 aliphatic heterocycles. The predicted molar refractivity (Wildman–Crippen MR) is 124 cm³/mol. The van der Waals surface area contributed by atoms with Crippen LogP contribution < -0.4 is 10.6 Å². The number of hydrogen-bond acceptors (Lipinski definition) is 5. The topological polar surface area (TPSA) is 89.4 Å². The Hall–Kier alpha value is -3.13. The van der Waals surface area contributed by atoms with Gasteiger partial charge in [-0.2, -0.15) is 0 Å². The highest BCUT2D eigenvalue weighted by molar-refractivity contribution is 7.19. The fourth-order valence-electron chi connectivity index (χ4n) is 3.51. The molecule has 0 radical (unpaired) electrons. The molecule has 3 rings (SSSR count). The Bertz CT molecular complexity index is 1190. The Morgan fingerprint density at radius 1 is 1.10 bits per heavy atom. The Balaban J connectivity index is 2.11. The van der Waals surface area contributed by atoms with Crippen LogP contribution in [0.3, 0.4) is 0 Å². The SMILES string of the molecule is CCOC(=O)c1c(NC(C)=O)c2c(C)c(C)sc2n1CC(=O)Nc1cc(C)ccc1C. The second-order valence-corrected chi connectivity index (χ2v) is 8.74. The van der Waals surface area contributed by atoms with Crippen molar-refractivity contribution in [2.24, 2.45) is 0 Å². The van der Waals surface area contributed by atoms with Crippen molar-refractivity contribution in [3.63, 3.8) is 0 Å². The van der Waals surface area contributed by atoms with E-state index >= 15 is 0 Å². The maximum atomic E-state index is 13.0. The molecule has 3 aromatic rings. The largest absolute Gasteiger partial charge is 0.461 e. The highest BCUT2D eigenvalue weighted by atomic mass is 32.1. The average molecular weight is 442 g/mol. The summed E-state index contributed by atoms with van der Waals surface area (Å²) >= 11 is 1.48. The Morgan fingerprint density at radius 2 is 1.81 bits per heavy atom. The van der Waals surface area contributed by atoms with Gasteiger partial charge in [0.2, 0.25) is 11.8 Å². The number of aryl methyl sites for hydroxylation is 4. The summed E-state index contributed by atoms with van der Waals surface area (Å²) in [6.45, 7) is 11.0. The molecule has 0 aliphatic rings. The Kier molecular flexibility index (Phi) is 6.50. The molecular formula is C23H27N3O4S. The van der Waals surface area contributed by atoms with Crippen LogP contribution in [0.5, 0.6) is 0 Å². The molecule has 1 aromatic carbocycles. The van der Waals surface area contributed by atoms with Gasteiger partial charge in [-0.15, -0.1) is 11.3 Å². The Labute approximate surface area is 185 Å². The van der Waals surface area contributed by atoms with Crippen molar-refractivity contribution >= 4 is 50.7 Å². The van der Waals surface area contributed by atoms with E-state index in [9.17, 15) is 14.4 Å². The van der Waals surface area contributed by atoms with Crippen LogP contribution in [0.1, 0.15) is 45.9 Å². The van der Waals surface area contributed by atoms with Crippen molar-refractivity contribution in [3.05, 3.63) is 45.5 Å². The molecule has 0 aliphatic carbocycles. The van der Waals surface area contributed by atoms with Gasteiger partial charge in [-0.25, -0.2) is 4.79 Å². The van der Waals surface area contributed by atoms with E-state index < -0.39 is 5.97 Å². The fourth-order valence-corrected chi connectivity index (χ4v) is 4.68. The number of amides is 2. The van der Waals surface area contributed by atoms with Crippen molar-refractivity contribution in [2.45, 2.75) is 48.1 Å². The first-order valence-electron chi connectivity index (χ1n) is 10.1. The number of aromatic nitrogens is 1. The van der Waals surface area contributed by atoms with Crippen LogP contribution in [0.25, 0.3) is 10.2 Å². The van der Waals surface area contributed by atoms with Gasteiger partial charge in [0.1, 0.15) is 11.4 Å². The zero-order chi connectivity index (χ0) is 22.9. The minimum atomic E-state index is -0.578. The molecule has 164 valence electrons. The van der Waals surface area contributed by atoms with Gasteiger partial charge in [0.15, 0.2) is 5.69 Å². The van der Waals surface area contributed by atoms with E-state index in [0.717, 1.165) is 37.5 Å². The van der Waals surface area contributed by atoms with Gasteiger partial charge in [0, 0.05) is 22.9 Å². The minimum absolute atomic E-state index is 0.0863. The summed E-state index contributed by atoms with van der Waals surface area (Å²) in [5.74, 6) is -1.15. The zero-order valence-electron chi connectivity index (χ0n) is 18.6. The molecule has 0 saturated carbocycles. The third-order valence-corrected chi connectivity index (χ3v) is 6.34. The maximum absolute atomic E-state index is 13.0. The lowest BCUT2D eigenvalue weighted by molar-refractivity contribution is -0.116. The number of esters is 1. The van der Waals surface area contributed by atoms with Crippen molar-refractivity contribution in [1.82, 2.24) is 4.57 Å². The normalized spacial score (nSPS) is 10.9. The van der Waals surface area contributed by atoms with Gasteiger partial charge in [-0.3, -0.25) is 9.59 Å². The van der Waals surface area contributed by atoms with Crippen LogP contribution in [-0.4, -0.2) is 29.0 Å². The van der Waals surface area contributed by atoms with E-state index in [0.29, 0.717) is 5.69 Å². The van der Waals surface area contributed by atoms with E-state index in [4.69, 9.17) is 4.74 Å². The number of thiophene rings is 1.